The Hall–Kier alpha value is -2.56. The summed E-state index contributed by atoms with van der Waals surface area (Å²) in [4.78, 5) is 29.3. The number of anilines is 1. The Balaban J connectivity index is 1.72. The van der Waals surface area contributed by atoms with Gasteiger partial charge >= 0.3 is 0 Å². The van der Waals surface area contributed by atoms with E-state index in [2.05, 4.69) is 10.3 Å². The topological polar surface area (TPSA) is 65.2 Å². The van der Waals surface area contributed by atoms with Gasteiger partial charge in [-0.15, -0.1) is 0 Å². The van der Waals surface area contributed by atoms with Crippen molar-refractivity contribution < 1.29 is 9.59 Å². The summed E-state index contributed by atoms with van der Waals surface area (Å²) in [7, 11) is 0. The number of carbonyl (C=O) groups is 2. The van der Waals surface area contributed by atoms with Gasteiger partial charge in [0.15, 0.2) is 0 Å². The maximum atomic E-state index is 12.6. The molecule has 1 atom stereocenters. The SMILES string of the molecule is Cc1ccc(N2CCC[C@H](NC(=O)c3ccc[nH]3)C2=O)cc1. The smallest absolute Gasteiger partial charge is 0.268 e. The van der Waals surface area contributed by atoms with Crippen LogP contribution >= 0.6 is 0 Å². The Bertz CT molecular complexity index is 662. The van der Waals surface area contributed by atoms with Gasteiger partial charge in [-0.25, -0.2) is 0 Å². The van der Waals surface area contributed by atoms with E-state index in [4.69, 9.17) is 0 Å². The summed E-state index contributed by atoms with van der Waals surface area (Å²) >= 11 is 0. The van der Waals surface area contributed by atoms with E-state index in [1.54, 1.807) is 23.2 Å². The number of amides is 2. The van der Waals surface area contributed by atoms with Crippen LogP contribution in [-0.2, 0) is 4.79 Å². The molecule has 0 spiro atoms. The Kier molecular flexibility index (Phi) is 3.96. The van der Waals surface area contributed by atoms with Gasteiger partial charge in [0.25, 0.3) is 5.91 Å². The number of nitrogens with one attached hydrogen (secondary N) is 2. The molecule has 1 aliphatic heterocycles. The zero-order chi connectivity index (χ0) is 15.5. The maximum Gasteiger partial charge on any atom is 0.268 e. The van der Waals surface area contributed by atoms with Gasteiger partial charge in [0.2, 0.25) is 5.91 Å². The van der Waals surface area contributed by atoms with Crippen LogP contribution in [0.25, 0.3) is 0 Å². The van der Waals surface area contributed by atoms with Crippen molar-refractivity contribution in [1.82, 2.24) is 10.3 Å². The van der Waals surface area contributed by atoms with Crippen molar-refractivity contribution in [3.63, 3.8) is 0 Å². The van der Waals surface area contributed by atoms with Crippen LogP contribution in [0.3, 0.4) is 0 Å². The molecule has 1 aliphatic rings. The summed E-state index contributed by atoms with van der Waals surface area (Å²) < 4.78 is 0. The second-order valence-electron chi connectivity index (χ2n) is 5.58. The van der Waals surface area contributed by atoms with Gasteiger partial charge in [-0.1, -0.05) is 17.7 Å². The van der Waals surface area contributed by atoms with E-state index >= 15 is 0 Å². The third-order valence-electron chi connectivity index (χ3n) is 3.93. The second-order valence-corrected chi connectivity index (χ2v) is 5.58. The molecule has 0 bridgehead atoms. The molecule has 1 aromatic carbocycles. The van der Waals surface area contributed by atoms with Crippen molar-refractivity contribution in [1.29, 1.82) is 0 Å². The van der Waals surface area contributed by atoms with Crippen LogP contribution in [0.5, 0.6) is 0 Å². The first kappa shape index (κ1) is 14.4. The van der Waals surface area contributed by atoms with Gasteiger partial charge in [-0.2, -0.15) is 0 Å². The van der Waals surface area contributed by atoms with Crippen LogP contribution in [0.15, 0.2) is 42.6 Å². The molecule has 1 saturated heterocycles. The fourth-order valence-corrected chi connectivity index (χ4v) is 2.70. The van der Waals surface area contributed by atoms with Crippen molar-refractivity contribution in [2.75, 3.05) is 11.4 Å². The third-order valence-corrected chi connectivity index (χ3v) is 3.93. The minimum absolute atomic E-state index is 0.0463. The predicted molar refractivity (Wildman–Crippen MR) is 84.8 cm³/mol. The monoisotopic (exact) mass is 297 g/mol. The van der Waals surface area contributed by atoms with Gasteiger partial charge < -0.3 is 15.2 Å². The molecule has 5 heteroatoms. The molecule has 0 unspecified atom stereocenters. The van der Waals surface area contributed by atoms with Gasteiger partial charge in [0.05, 0.1) is 0 Å². The van der Waals surface area contributed by atoms with Crippen molar-refractivity contribution in [2.24, 2.45) is 0 Å². The molecule has 1 aromatic heterocycles. The lowest BCUT2D eigenvalue weighted by atomic mass is 10.0. The van der Waals surface area contributed by atoms with E-state index in [1.165, 1.54) is 0 Å². The van der Waals surface area contributed by atoms with Crippen LogP contribution in [0.1, 0.15) is 28.9 Å². The van der Waals surface area contributed by atoms with E-state index < -0.39 is 6.04 Å². The standard InChI is InChI=1S/C17H19N3O2/c1-12-6-8-13(9-7-12)20-11-3-5-15(17(20)22)19-16(21)14-4-2-10-18-14/h2,4,6-10,15,18H,3,5,11H2,1H3,(H,19,21)/t15-/m0/s1. The zero-order valence-electron chi connectivity index (χ0n) is 12.5. The molecule has 0 radical (unpaired) electrons. The van der Waals surface area contributed by atoms with Crippen molar-refractivity contribution in [3.05, 3.63) is 53.9 Å². The number of benzene rings is 1. The third kappa shape index (κ3) is 2.88. The molecule has 2 aromatic rings. The molecule has 5 nitrogen and oxygen atoms in total. The van der Waals surface area contributed by atoms with E-state index in [0.29, 0.717) is 18.7 Å². The van der Waals surface area contributed by atoms with Crippen molar-refractivity contribution in [3.8, 4) is 0 Å². The van der Waals surface area contributed by atoms with Crippen LogP contribution in [0.2, 0.25) is 0 Å². The fraction of sp³-hybridized carbons (Fsp3) is 0.294. The maximum absolute atomic E-state index is 12.6. The Morgan fingerprint density at radius 1 is 1.27 bits per heavy atom. The lowest BCUT2D eigenvalue weighted by Gasteiger charge is -2.32. The minimum atomic E-state index is -0.467. The molecule has 114 valence electrons. The molecule has 2 N–H and O–H groups in total. The van der Waals surface area contributed by atoms with Crippen molar-refractivity contribution in [2.45, 2.75) is 25.8 Å². The number of hydrogen-bond donors (Lipinski definition) is 2. The lowest BCUT2D eigenvalue weighted by molar-refractivity contribution is -0.121. The molecule has 2 heterocycles. The quantitative estimate of drug-likeness (QED) is 0.912. The highest BCUT2D eigenvalue weighted by atomic mass is 16.2. The second kappa shape index (κ2) is 6.05. The van der Waals surface area contributed by atoms with E-state index in [1.807, 2.05) is 31.2 Å². The summed E-state index contributed by atoms with van der Waals surface area (Å²) in [5.41, 5.74) is 2.51. The number of rotatable bonds is 3. The molecule has 1 fully saturated rings. The van der Waals surface area contributed by atoms with E-state index in [0.717, 1.165) is 17.7 Å². The summed E-state index contributed by atoms with van der Waals surface area (Å²) in [5, 5.41) is 2.82. The Labute approximate surface area is 129 Å². The molecule has 0 saturated carbocycles. The van der Waals surface area contributed by atoms with E-state index in [9.17, 15) is 9.59 Å². The largest absolute Gasteiger partial charge is 0.357 e. The predicted octanol–water partition coefficient (Wildman–Crippen LogP) is 2.25. The molecule has 3 rings (SSSR count). The van der Waals surface area contributed by atoms with Crippen molar-refractivity contribution >= 4 is 17.5 Å². The number of nitrogens with zero attached hydrogens (tertiary/aromatic N) is 1. The van der Waals surface area contributed by atoms with Crippen LogP contribution in [0.4, 0.5) is 5.69 Å². The average Bonchev–Trinajstić information content (AvgIpc) is 3.05. The number of carbonyl (C=O) groups excluding carboxylic acids is 2. The number of piperidine rings is 1. The van der Waals surface area contributed by atoms with Gasteiger partial charge in [0.1, 0.15) is 11.7 Å². The summed E-state index contributed by atoms with van der Waals surface area (Å²) in [6.45, 7) is 2.71. The molecular formula is C17H19N3O2. The number of H-pyrrole nitrogens is 1. The van der Waals surface area contributed by atoms with Crippen LogP contribution in [-0.4, -0.2) is 29.4 Å². The normalized spacial score (nSPS) is 18.3. The van der Waals surface area contributed by atoms with Crippen LogP contribution < -0.4 is 10.2 Å². The van der Waals surface area contributed by atoms with Gasteiger partial charge in [-0.05, 0) is 44.0 Å². The number of aromatic amines is 1. The van der Waals surface area contributed by atoms with Crippen LogP contribution in [0, 0.1) is 6.92 Å². The fourth-order valence-electron chi connectivity index (χ4n) is 2.70. The Morgan fingerprint density at radius 3 is 2.73 bits per heavy atom. The van der Waals surface area contributed by atoms with Gasteiger partial charge in [-0.3, -0.25) is 9.59 Å². The first-order chi connectivity index (χ1) is 10.6. The first-order valence-corrected chi connectivity index (χ1v) is 7.47. The zero-order valence-corrected chi connectivity index (χ0v) is 12.5. The summed E-state index contributed by atoms with van der Waals surface area (Å²) in [6, 6.07) is 10.9. The van der Waals surface area contributed by atoms with Gasteiger partial charge in [0, 0.05) is 18.4 Å². The average molecular weight is 297 g/mol. The Morgan fingerprint density at radius 2 is 2.05 bits per heavy atom. The summed E-state index contributed by atoms with van der Waals surface area (Å²) in [5.74, 6) is -0.288. The minimum Gasteiger partial charge on any atom is -0.357 e. The molecule has 2 amide bonds. The number of aryl methyl sites for hydroxylation is 1. The number of aromatic nitrogens is 1. The highest BCUT2D eigenvalue weighted by Gasteiger charge is 2.31. The lowest BCUT2D eigenvalue weighted by Crippen LogP contribution is -2.52. The summed E-state index contributed by atoms with van der Waals surface area (Å²) in [6.07, 6.45) is 3.24. The molecule has 0 aliphatic carbocycles. The number of hydrogen-bond acceptors (Lipinski definition) is 2. The highest BCUT2D eigenvalue weighted by Crippen LogP contribution is 2.21. The highest BCUT2D eigenvalue weighted by molar-refractivity contribution is 6.02. The van der Waals surface area contributed by atoms with E-state index in [-0.39, 0.29) is 11.8 Å². The molecule has 22 heavy (non-hydrogen) atoms. The first-order valence-electron chi connectivity index (χ1n) is 7.47. The molecular weight excluding hydrogens is 278 g/mol.